The summed E-state index contributed by atoms with van der Waals surface area (Å²) in [6.07, 6.45) is 2.97. The molecular weight excluding hydrogens is 182 g/mol. The van der Waals surface area contributed by atoms with E-state index in [-0.39, 0.29) is 12.5 Å². The Bertz CT molecular complexity index is 400. The molecule has 0 fully saturated rings. The van der Waals surface area contributed by atoms with E-state index in [4.69, 9.17) is 4.74 Å². The van der Waals surface area contributed by atoms with Crippen LogP contribution in [0.4, 0.5) is 0 Å². The standard InChI is InChI=1S/C9H9N3O2/c13-8-3-1-2-4-9(8)14-7-12-6-10-5-11-12/h1-6,13H,7H2. The fraction of sp³-hybridized carbons (Fsp3) is 0.111. The molecule has 1 aromatic carbocycles. The number of nitrogens with zero attached hydrogens (tertiary/aromatic N) is 3. The fourth-order valence-corrected chi connectivity index (χ4v) is 1.01. The molecule has 0 aliphatic rings. The Morgan fingerprint density at radius 3 is 2.93 bits per heavy atom. The number of rotatable bonds is 3. The number of phenols is 1. The maximum atomic E-state index is 9.37. The number of para-hydroxylation sites is 2. The van der Waals surface area contributed by atoms with E-state index in [1.165, 1.54) is 11.0 Å². The lowest BCUT2D eigenvalue weighted by atomic mass is 10.3. The first kappa shape index (κ1) is 8.55. The Kier molecular flexibility index (Phi) is 2.31. The second kappa shape index (κ2) is 3.78. The predicted molar refractivity (Wildman–Crippen MR) is 48.8 cm³/mol. The third-order valence-corrected chi connectivity index (χ3v) is 1.68. The van der Waals surface area contributed by atoms with Crippen molar-refractivity contribution >= 4 is 0 Å². The van der Waals surface area contributed by atoms with Gasteiger partial charge in [-0.1, -0.05) is 12.1 Å². The van der Waals surface area contributed by atoms with E-state index >= 15 is 0 Å². The SMILES string of the molecule is Oc1ccccc1OCn1cncn1. The number of benzene rings is 1. The summed E-state index contributed by atoms with van der Waals surface area (Å²) in [5.41, 5.74) is 0. The highest BCUT2D eigenvalue weighted by molar-refractivity contribution is 5.37. The third kappa shape index (κ3) is 1.82. The molecule has 5 nitrogen and oxygen atoms in total. The van der Waals surface area contributed by atoms with Crippen LogP contribution in [0.1, 0.15) is 0 Å². The average Bonchev–Trinajstić information content (AvgIpc) is 2.69. The van der Waals surface area contributed by atoms with E-state index in [1.807, 2.05) is 0 Å². The first-order valence-electron chi connectivity index (χ1n) is 4.09. The number of hydrogen-bond donors (Lipinski definition) is 1. The number of hydrogen-bond acceptors (Lipinski definition) is 4. The molecule has 1 aromatic heterocycles. The highest BCUT2D eigenvalue weighted by Gasteiger charge is 1.99. The van der Waals surface area contributed by atoms with Crippen molar-refractivity contribution in [3.05, 3.63) is 36.9 Å². The molecule has 1 N–H and O–H groups in total. The van der Waals surface area contributed by atoms with Crippen LogP contribution in [0.5, 0.6) is 11.5 Å². The molecule has 0 saturated heterocycles. The van der Waals surface area contributed by atoms with Gasteiger partial charge in [-0.15, -0.1) is 0 Å². The fourth-order valence-electron chi connectivity index (χ4n) is 1.01. The minimum Gasteiger partial charge on any atom is -0.504 e. The molecule has 2 aromatic rings. The van der Waals surface area contributed by atoms with Crippen molar-refractivity contribution in [2.24, 2.45) is 0 Å². The molecule has 0 spiro atoms. The number of phenolic OH excluding ortho intramolecular Hbond substituents is 1. The maximum Gasteiger partial charge on any atom is 0.182 e. The number of aromatic hydroxyl groups is 1. The van der Waals surface area contributed by atoms with Crippen molar-refractivity contribution in [3.8, 4) is 11.5 Å². The van der Waals surface area contributed by atoms with Crippen molar-refractivity contribution in [3.63, 3.8) is 0 Å². The largest absolute Gasteiger partial charge is 0.504 e. The molecule has 0 saturated carbocycles. The predicted octanol–water partition coefficient (Wildman–Crippen LogP) is 1.02. The summed E-state index contributed by atoms with van der Waals surface area (Å²) < 4.78 is 6.81. The lowest BCUT2D eigenvalue weighted by molar-refractivity contribution is 0.212. The van der Waals surface area contributed by atoms with Crippen molar-refractivity contribution in [2.45, 2.75) is 6.73 Å². The Labute approximate surface area is 80.6 Å². The van der Waals surface area contributed by atoms with Gasteiger partial charge in [0.1, 0.15) is 12.7 Å². The van der Waals surface area contributed by atoms with Crippen molar-refractivity contribution < 1.29 is 9.84 Å². The van der Waals surface area contributed by atoms with Gasteiger partial charge >= 0.3 is 0 Å². The van der Waals surface area contributed by atoms with Crippen molar-refractivity contribution in [1.29, 1.82) is 0 Å². The molecule has 2 rings (SSSR count). The summed E-state index contributed by atoms with van der Waals surface area (Å²) in [6.45, 7) is 0.234. The summed E-state index contributed by atoms with van der Waals surface area (Å²) in [5.74, 6) is 0.551. The van der Waals surface area contributed by atoms with Crippen LogP contribution in [-0.4, -0.2) is 19.9 Å². The van der Waals surface area contributed by atoms with Crippen LogP contribution in [0, 0.1) is 0 Å². The van der Waals surface area contributed by atoms with Gasteiger partial charge in [0.2, 0.25) is 0 Å². The molecule has 14 heavy (non-hydrogen) atoms. The van der Waals surface area contributed by atoms with Gasteiger partial charge < -0.3 is 9.84 Å². The smallest absolute Gasteiger partial charge is 0.182 e. The van der Waals surface area contributed by atoms with Gasteiger partial charge in [-0.2, -0.15) is 5.10 Å². The monoisotopic (exact) mass is 191 g/mol. The molecule has 0 unspecified atom stereocenters. The summed E-state index contributed by atoms with van der Waals surface area (Å²) in [6, 6.07) is 6.77. The molecular formula is C9H9N3O2. The van der Waals surface area contributed by atoms with Crippen LogP contribution in [0.2, 0.25) is 0 Å². The first-order valence-corrected chi connectivity index (χ1v) is 4.09. The Morgan fingerprint density at radius 1 is 1.36 bits per heavy atom. The molecule has 72 valence electrons. The Balaban J connectivity index is 2.02. The summed E-state index contributed by atoms with van der Waals surface area (Å²) in [7, 11) is 0. The van der Waals surface area contributed by atoms with Crippen molar-refractivity contribution in [2.75, 3.05) is 0 Å². The zero-order valence-corrected chi connectivity index (χ0v) is 7.37. The first-order chi connectivity index (χ1) is 6.86. The van der Waals surface area contributed by atoms with Gasteiger partial charge in [0.15, 0.2) is 18.2 Å². The van der Waals surface area contributed by atoms with Crippen LogP contribution in [-0.2, 0) is 6.73 Å². The molecule has 0 aliphatic heterocycles. The quantitative estimate of drug-likeness (QED) is 0.786. The molecule has 0 bridgehead atoms. The van der Waals surface area contributed by atoms with Gasteiger partial charge in [0.05, 0.1) is 0 Å². The number of ether oxygens (including phenoxy) is 1. The van der Waals surface area contributed by atoms with Gasteiger partial charge in [0.25, 0.3) is 0 Å². The van der Waals surface area contributed by atoms with Gasteiger partial charge in [-0.25, -0.2) is 9.67 Å². The highest BCUT2D eigenvalue weighted by Crippen LogP contribution is 2.24. The topological polar surface area (TPSA) is 60.2 Å². The molecule has 0 radical (unpaired) electrons. The zero-order chi connectivity index (χ0) is 9.80. The number of aromatic nitrogens is 3. The lowest BCUT2D eigenvalue weighted by Gasteiger charge is -2.06. The Hall–Kier alpha value is -2.04. The lowest BCUT2D eigenvalue weighted by Crippen LogP contribution is -2.05. The van der Waals surface area contributed by atoms with Gasteiger partial charge in [-0.3, -0.25) is 0 Å². The van der Waals surface area contributed by atoms with Gasteiger partial charge in [-0.05, 0) is 12.1 Å². The second-order valence-corrected chi connectivity index (χ2v) is 2.68. The minimum absolute atomic E-state index is 0.118. The van der Waals surface area contributed by atoms with Crippen LogP contribution in [0.15, 0.2) is 36.9 Å². The van der Waals surface area contributed by atoms with E-state index in [0.717, 1.165) is 0 Å². The molecule has 0 aliphatic carbocycles. The average molecular weight is 191 g/mol. The second-order valence-electron chi connectivity index (χ2n) is 2.68. The van der Waals surface area contributed by atoms with E-state index in [2.05, 4.69) is 10.1 Å². The van der Waals surface area contributed by atoms with E-state index in [9.17, 15) is 5.11 Å². The molecule has 1 heterocycles. The molecule has 0 amide bonds. The summed E-state index contributed by atoms with van der Waals surface area (Å²) >= 11 is 0. The molecule has 5 heteroatoms. The normalized spacial score (nSPS) is 10.0. The summed E-state index contributed by atoms with van der Waals surface area (Å²) in [5, 5.41) is 13.2. The third-order valence-electron chi connectivity index (χ3n) is 1.68. The van der Waals surface area contributed by atoms with Crippen LogP contribution < -0.4 is 4.74 Å². The van der Waals surface area contributed by atoms with Gasteiger partial charge in [0, 0.05) is 0 Å². The van der Waals surface area contributed by atoms with E-state index in [0.29, 0.717) is 5.75 Å². The van der Waals surface area contributed by atoms with E-state index < -0.39 is 0 Å². The van der Waals surface area contributed by atoms with Crippen LogP contribution in [0.25, 0.3) is 0 Å². The van der Waals surface area contributed by atoms with E-state index in [1.54, 1.807) is 30.6 Å². The highest BCUT2D eigenvalue weighted by atomic mass is 16.5. The van der Waals surface area contributed by atoms with Crippen LogP contribution >= 0.6 is 0 Å². The minimum atomic E-state index is 0.118. The summed E-state index contributed by atoms with van der Waals surface area (Å²) in [4.78, 5) is 3.77. The molecule has 0 atom stereocenters. The zero-order valence-electron chi connectivity index (χ0n) is 7.37. The Morgan fingerprint density at radius 2 is 2.21 bits per heavy atom. The van der Waals surface area contributed by atoms with Crippen LogP contribution in [0.3, 0.4) is 0 Å². The maximum absolute atomic E-state index is 9.37. The van der Waals surface area contributed by atoms with Crippen molar-refractivity contribution in [1.82, 2.24) is 14.8 Å².